The van der Waals surface area contributed by atoms with Crippen LogP contribution in [-0.4, -0.2) is 35.4 Å². The molecule has 1 aromatic heterocycles. The van der Waals surface area contributed by atoms with Crippen molar-refractivity contribution in [3.05, 3.63) is 64.2 Å². The van der Waals surface area contributed by atoms with Gasteiger partial charge in [0.1, 0.15) is 5.82 Å². The van der Waals surface area contributed by atoms with Gasteiger partial charge in [-0.1, -0.05) is 29.3 Å². The lowest BCUT2D eigenvalue weighted by atomic mass is 10.0. The summed E-state index contributed by atoms with van der Waals surface area (Å²) in [5.74, 6) is 0.437. The molecule has 1 saturated heterocycles. The maximum atomic E-state index is 13.3. The van der Waals surface area contributed by atoms with Crippen molar-refractivity contribution in [1.82, 2.24) is 9.88 Å². The molecule has 0 bridgehead atoms. The van der Waals surface area contributed by atoms with E-state index in [1.165, 1.54) is 17.0 Å². The Labute approximate surface area is 177 Å². The lowest BCUT2D eigenvalue weighted by Crippen LogP contribution is -2.31. The molecule has 0 saturated carbocycles. The average Bonchev–Trinajstić information content (AvgIpc) is 3.31. The number of aromatic nitrogens is 1. The van der Waals surface area contributed by atoms with Gasteiger partial charge in [0.05, 0.1) is 11.1 Å². The van der Waals surface area contributed by atoms with Gasteiger partial charge in [-0.25, -0.2) is 0 Å². The van der Waals surface area contributed by atoms with Gasteiger partial charge in [-0.05, 0) is 49.6 Å². The number of fused-ring (bicyclic) bond motifs is 1. The summed E-state index contributed by atoms with van der Waals surface area (Å²) in [6.45, 7) is 3.16. The third kappa shape index (κ3) is 4.26. The van der Waals surface area contributed by atoms with Crippen LogP contribution < -0.4 is 5.32 Å². The highest BCUT2D eigenvalue weighted by Gasteiger charge is 2.37. The number of H-pyrrole nitrogens is 1. The smallest absolute Gasteiger partial charge is 0.371 e. The van der Waals surface area contributed by atoms with E-state index in [4.69, 9.17) is 11.6 Å². The topological polar surface area (TPSA) is 48.1 Å². The number of carbonyl (C=O) groups excluding carboxylic acids is 1. The molecular formula is C22H21ClF3N3O. The lowest BCUT2D eigenvalue weighted by Gasteiger charge is -2.20. The molecule has 2 N–H and O–H groups in total. The van der Waals surface area contributed by atoms with Crippen molar-refractivity contribution in [2.24, 2.45) is 5.92 Å². The summed E-state index contributed by atoms with van der Waals surface area (Å²) < 4.78 is 40.0. The maximum Gasteiger partial charge on any atom is 0.417 e. The summed E-state index contributed by atoms with van der Waals surface area (Å²) in [6.07, 6.45) is -3.82. The number of hydrogen-bond donors (Lipinski definition) is 2. The molecular weight excluding hydrogens is 415 g/mol. The molecule has 2 aromatic carbocycles. The Morgan fingerprint density at radius 1 is 1.23 bits per heavy atom. The zero-order chi connectivity index (χ0) is 21.5. The summed E-state index contributed by atoms with van der Waals surface area (Å²) >= 11 is 6.01. The van der Waals surface area contributed by atoms with Gasteiger partial charge in [0.15, 0.2) is 0 Å². The highest BCUT2D eigenvalue weighted by atomic mass is 35.5. The maximum absolute atomic E-state index is 13.3. The predicted octanol–water partition coefficient (Wildman–Crippen LogP) is 5.72. The molecule has 4 nitrogen and oxygen atoms in total. The molecule has 158 valence electrons. The van der Waals surface area contributed by atoms with Crippen LogP contribution in [-0.2, 0) is 6.18 Å². The zero-order valence-corrected chi connectivity index (χ0v) is 17.1. The van der Waals surface area contributed by atoms with Crippen LogP contribution in [0.1, 0.15) is 27.9 Å². The number of halogens is 4. The number of anilines is 1. The Morgan fingerprint density at radius 3 is 2.80 bits per heavy atom. The highest BCUT2D eigenvalue weighted by Crippen LogP contribution is 2.34. The minimum Gasteiger partial charge on any atom is -0.371 e. The Hall–Kier alpha value is -2.67. The van der Waals surface area contributed by atoms with Gasteiger partial charge in [-0.2, -0.15) is 13.2 Å². The first-order valence-corrected chi connectivity index (χ1v) is 10.1. The number of aromatic amines is 1. The molecule has 1 aliphatic rings. The summed E-state index contributed by atoms with van der Waals surface area (Å²) in [7, 11) is 0. The number of carbonyl (C=O) groups is 1. The number of rotatable bonds is 4. The molecule has 0 spiro atoms. The molecule has 1 atom stereocenters. The number of likely N-dealkylation sites (tertiary alicyclic amines) is 1. The minimum atomic E-state index is -4.56. The second kappa shape index (κ2) is 7.87. The van der Waals surface area contributed by atoms with E-state index >= 15 is 0 Å². The number of nitrogens with one attached hydrogen (secondary N) is 2. The Morgan fingerprint density at radius 2 is 2.03 bits per heavy atom. The number of hydrogen-bond acceptors (Lipinski definition) is 2. The Bertz CT molecular complexity index is 1090. The van der Waals surface area contributed by atoms with Crippen LogP contribution in [0.15, 0.2) is 42.5 Å². The van der Waals surface area contributed by atoms with E-state index in [0.717, 1.165) is 29.2 Å². The van der Waals surface area contributed by atoms with Crippen molar-refractivity contribution in [3.8, 4) is 0 Å². The second-order valence-corrected chi connectivity index (χ2v) is 8.18. The quantitative estimate of drug-likeness (QED) is 0.550. The van der Waals surface area contributed by atoms with Gasteiger partial charge in [-0.3, -0.25) is 4.79 Å². The van der Waals surface area contributed by atoms with Crippen molar-refractivity contribution in [3.63, 3.8) is 0 Å². The third-order valence-corrected chi connectivity index (χ3v) is 5.68. The van der Waals surface area contributed by atoms with Gasteiger partial charge in [0.25, 0.3) is 5.91 Å². The molecule has 8 heteroatoms. The SMILES string of the molecule is Cc1ccc(C(F)(F)F)c(C(=O)N2CC[C@@H](CNc3cc4ccc(Cl)cc4[nH]3)C2)c1. The van der Waals surface area contributed by atoms with Crippen molar-refractivity contribution in [2.45, 2.75) is 19.5 Å². The fraction of sp³-hybridized carbons (Fsp3) is 0.318. The molecule has 1 aliphatic heterocycles. The van der Waals surface area contributed by atoms with E-state index in [2.05, 4.69) is 10.3 Å². The molecule has 0 unspecified atom stereocenters. The number of benzene rings is 2. The van der Waals surface area contributed by atoms with E-state index in [-0.39, 0.29) is 11.5 Å². The van der Waals surface area contributed by atoms with Gasteiger partial charge < -0.3 is 15.2 Å². The fourth-order valence-corrected chi connectivity index (χ4v) is 4.06. The van der Waals surface area contributed by atoms with Gasteiger partial charge in [0.2, 0.25) is 0 Å². The lowest BCUT2D eigenvalue weighted by molar-refractivity contribution is -0.138. The van der Waals surface area contributed by atoms with E-state index in [0.29, 0.717) is 30.2 Å². The molecule has 2 heterocycles. The van der Waals surface area contributed by atoms with E-state index in [1.54, 1.807) is 6.92 Å². The third-order valence-electron chi connectivity index (χ3n) is 5.45. The molecule has 1 fully saturated rings. The number of aryl methyl sites for hydroxylation is 1. The zero-order valence-electron chi connectivity index (χ0n) is 16.3. The van der Waals surface area contributed by atoms with E-state index < -0.39 is 17.6 Å². The molecule has 4 rings (SSSR count). The summed E-state index contributed by atoms with van der Waals surface area (Å²) in [4.78, 5) is 17.6. The first-order valence-electron chi connectivity index (χ1n) is 9.70. The average molecular weight is 436 g/mol. The van der Waals surface area contributed by atoms with Crippen LogP contribution in [0.4, 0.5) is 19.0 Å². The van der Waals surface area contributed by atoms with E-state index in [9.17, 15) is 18.0 Å². The molecule has 30 heavy (non-hydrogen) atoms. The normalized spacial score (nSPS) is 17.0. The van der Waals surface area contributed by atoms with E-state index in [1.807, 2.05) is 24.3 Å². The Balaban J connectivity index is 1.42. The van der Waals surface area contributed by atoms with Gasteiger partial charge in [0, 0.05) is 35.6 Å². The summed E-state index contributed by atoms with van der Waals surface area (Å²) in [5.41, 5.74) is 0.398. The van der Waals surface area contributed by atoms with Crippen LogP contribution >= 0.6 is 11.6 Å². The number of nitrogens with zero attached hydrogens (tertiary/aromatic N) is 1. The molecule has 0 radical (unpaired) electrons. The first-order chi connectivity index (χ1) is 14.2. The van der Waals surface area contributed by atoms with Crippen molar-refractivity contribution in [2.75, 3.05) is 25.0 Å². The van der Waals surface area contributed by atoms with Crippen LogP contribution in [0.5, 0.6) is 0 Å². The van der Waals surface area contributed by atoms with Gasteiger partial charge in [-0.15, -0.1) is 0 Å². The standard InChI is InChI=1S/C22H21ClF3N3O/c1-13-2-5-18(22(24,25)26)17(8-13)21(30)29-7-6-14(12-29)11-27-20-9-15-3-4-16(23)10-19(15)28-20/h2-5,8-10,14,27-28H,6-7,11-12H2,1H3/t14-/m0/s1. The monoisotopic (exact) mass is 435 g/mol. The Kier molecular flexibility index (Phi) is 5.40. The van der Waals surface area contributed by atoms with Crippen molar-refractivity contribution >= 4 is 34.2 Å². The van der Waals surface area contributed by atoms with Crippen LogP contribution in [0.2, 0.25) is 5.02 Å². The largest absolute Gasteiger partial charge is 0.417 e. The number of alkyl halides is 3. The number of amides is 1. The molecule has 3 aromatic rings. The van der Waals surface area contributed by atoms with Crippen LogP contribution in [0, 0.1) is 12.8 Å². The van der Waals surface area contributed by atoms with Crippen LogP contribution in [0.3, 0.4) is 0 Å². The van der Waals surface area contributed by atoms with Gasteiger partial charge >= 0.3 is 6.18 Å². The fourth-order valence-electron chi connectivity index (χ4n) is 3.89. The highest BCUT2D eigenvalue weighted by molar-refractivity contribution is 6.31. The summed E-state index contributed by atoms with van der Waals surface area (Å²) in [5, 5.41) is 5.00. The first kappa shape index (κ1) is 20.6. The molecule has 0 aliphatic carbocycles. The predicted molar refractivity (Wildman–Crippen MR) is 112 cm³/mol. The molecule has 1 amide bonds. The van der Waals surface area contributed by atoms with Crippen molar-refractivity contribution < 1.29 is 18.0 Å². The second-order valence-electron chi connectivity index (χ2n) is 7.75. The summed E-state index contributed by atoms with van der Waals surface area (Å²) in [6, 6.07) is 11.3. The van der Waals surface area contributed by atoms with Crippen LogP contribution in [0.25, 0.3) is 10.9 Å². The van der Waals surface area contributed by atoms with Crippen molar-refractivity contribution in [1.29, 1.82) is 0 Å². The minimum absolute atomic E-state index is 0.156.